The molecule has 0 amide bonds. The molecule has 40 heavy (non-hydrogen) atoms. The van der Waals surface area contributed by atoms with Crippen molar-refractivity contribution in [3.63, 3.8) is 0 Å². The molecule has 0 radical (unpaired) electrons. The van der Waals surface area contributed by atoms with Gasteiger partial charge in [-0.15, -0.1) is 0 Å². The first-order valence-electron chi connectivity index (χ1n) is 13.2. The van der Waals surface area contributed by atoms with E-state index in [0.29, 0.717) is 0 Å². The Morgan fingerprint density at radius 2 is 0.650 bits per heavy atom. The van der Waals surface area contributed by atoms with Gasteiger partial charge in [-0.1, -0.05) is 133 Å². The van der Waals surface area contributed by atoms with Crippen LogP contribution in [0.25, 0.3) is 33.4 Å². The third-order valence-electron chi connectivity index (χ3n) is 7.08. The van der Waals surface area contributed by atoms with Crippen molar-refractivity contribution < 1.29 is 8.78 Å². The highest BCUT2D eigenvalue weighted by Gasteiger charge is 2.21. The minimum absolute atomic E-state index is 0.266. The van der Waals surface area contributed by atoms with Crippen LogP contribution in [-0.4, -0.2) is 0 Å². The SMILES string of the molecule is Fc1ccc(-c2ccccc2/C(=C(/c2ccccc2)c2ccccc2-c2ccc(F)cc2)c2ccccc2)cc1. The highest BCUT2D eigenvalue weighted by atomic mass is 19.1. The third kappa shape index (κ3) is 5.12. The van der Waals surface area contributed by atoms with E-state index in [0.717, 1.165) is 55.7 Å². The second-order valence-electron chi connectivity index (χ2n) is 9.59. The average molecular weight is 521 g/mol. The van der Waals surface area contributed by atoms with Crippen LogP contribution in [0.5, 0.6) is 0 Å². The van der Waals surface area contributed by atoms with Gasteiger partial charge in [0.15, 0.2) is 0 Å². The summed E-state index contributed by atoms with van der Waals surface area (Å²) in [5, 5.41) is 0. The van der Waals surface area contributed by atoms with Crippen LogP contribution in [0.15, 0.2) is 158 Å². The van der Waals surface area contributed by atoms with E-state index in [9.17, 15) is 8.78 Å². The van der Waals surface area contributed by atoms with Crippen LogP contribution < -0.4 is 0 Å². The Kier molecular flexibility index (Phi) is 7.15. The van der Waals surface area contributed by atoms with Crippen molar-refractivity contribution in [1.82, 2.24) is 0 Å². The Labute approximate surface area is 233 Å². The number of hydrogen-bond acceptors (Lipinski definition) is 0. The maximum absolute atomic E-state index is 13.9. The molecular weight excluding hydrogens is 494 g/mol. The smallest absolute Gasteiger partial charge is 0.123 e. The number of rotatable bonds is 6. The molecule has 0 aliphatic heterocycles. The molecule has 0 heterocycles. The van der Waals surface area contributed by atoms with Gasteiger partial charge in [0.05, 0.1) is 0 Å². The molecule has 0 fully saturated rings. The molecule has 6 aromatic carbocycles. The van der Waals surface area contributed by atoms with E-state index in [2.05, 4.69) is 48.5 Å². The van der Waals surface area contributed by atoms with Crippen LogP contribution in [0.1, 0.15) is 22.3 Å². The Morgan fingerprint density at radius 1 is 0.325 bits per heavy atom. The van der Waals surface area contributed by atoms with Crippen LogP contribution in [0, 0.1) is 11.6 Å². The van der Waals surface area contributed by atoms with Gasteiger partial charge >= 0.3 is 0 Å². The summed E-state index contributed by atoms with van der Waals surface area (Å²) < 4.78 is 27.8. The summed E-state index contributed by atoms with van der Waals surface area (Å²) in [5.74, 6) is -0.531. The molecule has 6 aromatic rings. The number of halogens is 2. The quantitative estimate of drug-likeness (QED) is 0.192. The largest absolute Gasteiger partial charge is 0.207 e. The van der Waals surface area contributed by atoms with E-state index < -0.39 is 0 Å². The molecule has 0 bridgehead atoms. The van der Waals surface area contributed by atoms with Gasteiger partial charge in [-0.2, -0.15) is 0 Å². The van der Waals surface area contributed by atoms with Crippen LogP contribution in [-0.2, 0) is 0 Å². The Bertz CT molecular complexity index is 1630. The van der Waals surface area contributed by atoms with E-state index >= 15 is 0 Å². The molecule has 0 aliphatic rings. The molecule has 0 spiro atoms. The molecule has 0 saturated heterocycles. The lowest BCUT2D eigenvalue weighted by Gasteiger charge is -2.22. The molecule has 192 valence electrons. The van der Waals surface area contributed by atoms with Gasteiger partial charge in [-0.25, -0.2) is 8.78 Å². The van der Waals surface area contributed by atoms with Gasteiger partial charge in [0, 0.05) is 0 Å². The second-order valence-corrected chi connectivity index (χ2v) is 9.59. The van der Waals surface area contributed by atoms with Crippen molar-refractivity contribution in [3.8, 4) is 22.3 Å². The van der Waals surface area contributed by atoms with Gasteiger partial charge in [-0.05, 0) is 79.9 Å². The van der Waals surface area contributed by atoms with Crippen LogP contribution in [0.3, 0.4) is 0 Å². The monoisotopic (exact) mass is 520 g/mol. The van der Waals surface area contributed by atoms with Crippen molar-refractivity contribution in [2.45, 2.75) is 0 Å². The lowest BCUT2D eigenvalue weighted by atomic mass is 9.81. The highest BCUT2D eigenvalue weighted by molar-refractivity contribution is 6.09. The summed E-state index contributed by atoms with van der Waals surface area (Å²) in [4.78, 5) is 0. The van der Waals surface area contributed by atoms with E-state index in [1.165, 1.54) is 24.3 Å². The lowest BCUT2D eigenvalue weighted by Crippen LogP contribution is -2.01. The normalized spacial score (nSPS) is 11.7. The molecule has 0 N–H and O–H groups in total. The van der Waals surface area contributed by atoms with Crippen molar-refractivity contribution in [2.24, 2.45) is 0 Å². The number of benzene rings is 6. The molecule has 0 aliphatic carbocycles. The van der Waals surface area contributed by atoms with E-state index in [-0.39, 0.29) is 11.6 Å². The molecular formula is C38H26F2. The Balaban J connectivity index is 1.74. The Hall–Kier alpha value is -5.08. The molecule has 0 unspecified atom stereocenters. The topological polar surface area (TPSA) is 0 Å². The first-order chi connectivity index (χ1) is 19.7. The summed E-state index contributed by atoms with van der Waals surface area (Å²) in [6.45, 7) is 0. The summed E-state index contributed by atoms with van der Waals surface area (Å²) in [5.41, 5.74) is 10.2. The van der Waals surface area contributed by atoms with E-state index in [1.54, 1.807) is 0 Å². The predicted molar refractivity (Wildman–Crippen MR) is 162 cm³/mol. The van der Waals surface area contributed by atoms with Crippen molar-refractivity contribution in [2.75, 3.05) is 0 Å². The molecule has 0 aromatic heterocycles. The van der Waals surface area contributed by atoms with Gasteiger partial charge in [0.2, 0.25) is 0 Å². The summed E-state index contributed by atoms with van der Waals surface area (Å²) in [7, 11) is 0. The minimum atomic E-state index is -0.266. The molecule has 2 heteroatoms. The predicted octanol–water partition coefficient (Wildman–Crippen LogP) is 10.3. The molecule has 0 nitrogen and oxygen atoms in total. The van der Waals surface area contributed by atoms with Gasteiger partial charge in [0.25, 0.3) is 0 Å². The molecule has 0 saturated carbocycles. The van der Waals surface area contributed by atoms with Gasteiger partial charge < -0.3 is 0 Å². The van der Waals surface area contributed by atoms with E-state index in [4.69, 9.17) is 0 Å². The molecule has 6 rings (SSSR count). The maximum Gasteiger partial charge on any atom is 0.123 e. The number of hydrogen-bond donors (Lipinski definition) is 0. The zero-order chi connectivity index (χ0) is 27.3. The summed E-state index contributed by atoms with van der Waals surface area (Å²) >= 11 is 0. The average Bonchev–Trinajstić information content (AvgIpc) is 3.02. The van der Waals surface area contributed by atoms with Gasteiger partial charge in [-0.3, -0.25) is 0 Å². The fourth-order valence-electron chi connectivity index (χ4n) is 5.24. The van der Waals surface area contributed by atoms with Crippen molar-refractivity contribution in [3.05, 3.63) is 192 Å². The third-order valence-corrected chi connectivity index (χ3v) is 7.08. The fourth-order valence-corrected chi connectivity index (χ4v) is 5.24. The van der Waals surface area contributed by atoms with Crippen molar-refractivity contribution >= 4 is 11.1 Å². The zero-order valence-electron chi connectivity index (χ0n) is 21.8. The van der Waals surface area contributed by atoms with Gasteiger partial charge in [0.1, 0.15) is 11.6 Å². The Morgan fingerprint density at radius 3 is 1.02 bits per heavy atom. The second kappa shape index (κ2) is 11.3. The minimum Gasteiger partial charge on any atom is -0.207 e. The lowest BCUT2D eigenvalue weighted by molar-refractivity contribution is 0.627. The van der Waals surface area contributed by atoms with Crippen LogP contribution in [0.2, 0.25) is 0 Å². The first-order valence-corrected chi connectivity index (χ1v) is 13.2. The van der Waals surface area contributed by atoms with Crippen LogP contribution >= 0.6 is 0 Å². The standard InChI is InChI=1S/C38H26F2/c39-31-23-19-27(20-24-31)33-15-7-9-17-35(33)37(29-11-3-1-4-12-29)38(30-13-5-2-6-14-30)36-18-10-8-16-34(36)28-21-25-32(40)26-22-28/h1-26H/b38-37-. The highest BCUT2D eigenvalue weighted by Crippen LogP contribution is 2.43. The van der Waals surface area contributed by atoms with Crippen LogP contribution in [0.4, 0.5) is 8.78 Å². The zero-order valence-corrected chi connectivity index (χ0v) is 21.8. The summed E-state index contributed by atoms with van der Waals surface area (Å²) in [6.07, 6.45) is 0. The fraction of sp³-hybridized carbons (Fsp3) is 0. The first kappa shape index (κ1) is 25.2. The van der Waals surface area contributed by atoms with E-state index in [1.807, 2.05) is 84.9 Å². The molecule has 0 atom stereocenters. The maximum atomic E-state index is 13.9. The summed E-state index contributed by atoms with van der Waals surface area (Å²) in [6, 6.07) is 50.6. The van der Waals surface area contributed by atoms with Crippen molar-refractivity contribution in [1.29, 1.82) is 0 Å².